The molecule has 0 spiro atoms. The first kappa shape index (κ1) is 13.1. The molecule has 1 aromatic rings. The summed E-state index contributed by atoms with van der Waals surface area (Å²) in [4.78, 5) is 10.1. The second-order valence-corrected chi connectivity index (χ2v) is 5.78. The van der Waals surface area contributed by atoms with Gasteiger partial charge in [-0.1, -0.05) is 6.92 Å². The molecule has 0 saturated heterocycles. The molecule has 0 bridgehead atoms. The van der Waals surface area contributed by atoms with Gasteiger partial charge in [-0.2, -0.15) is 0 Å². The third kappa shape index (κ3) is 3.10. The summed E-state index contributed by atoms with van der Waals surface area (Å²) in [5.74, 6) is 1.84. The number of aliphatic imine (C=N–C) groups is 2. The van der Waals surface area contributed by atoms with Crippen molar-refractivity contribution in [2.24, 2.45) is 21.6 Å². The number of guanidine groups is 1. The maximum Gasteiger partial charge on any atom is 0.196 e. The zero-order valence-electron chi connectivity index (χ0n) is 11.1. The molecule has 2 unspecified atom stereocenters. The van der Waals surface area contributed by atoms with Crippen molar-refractivity contribution in [1.82, 2.24) is 5.32 Å². The van der Waals surface area contributed by atoms with Crippen molar-refractivity contribution in [3.63, 3.8) is 0 Å². The second kappa shape index (κ2) is 5.52. The number of amidine groups is 1. The Kier molecular flexibility index (Phi) is 4.01. The maximum absolute atomic E-state index is 5.77. The molecule has 0 saturated carbocycles. The number of hydrogen-bond donors (Lipinski definition) is 2. The fraction of sp³-hybridized carbons (Fsp3) is 0.538. The Bertz CT molecular complexity index is 475. The predicted molar refractivity (Wildman–Crippen MR) is 78.2 cm³/mol. The minimum Gasteiger partial charge on any atom is -0.370 e. The summed E-state index contributed by atoms with van der Waals surface area (Å²) in [5, 5.41) is 5.33. The fourth-order valence-electron chi connectivity index (χ4n) is 2.16. The van der Waals surface area contributed by atoms with Crippen LogP contribution in [0.3, 0.4) is 0 Å². The topological polar surface area (TPSA) is 62.8 Å². The lowest BCUT2D eigenvalue weighted by Gasteiger charge is -2.23. The van der Waals surface area contributed by atoms with E-state index in [0.29, 0.717) is 11.9 Å². The van der Waals surface area contributed by atoms with Gasteiger partial charge in [-0.05, 0) is 43.7 Å². The van der Waals surface area contributed by atoms with E-state index in [1.807, 2.05) is 6.92 Å². The maximum atomic E-state index is 5.77. The second-order valence-electron chi connectivity index (χ2n) is 4.66. The third-order valence-electron chi connectivity index (χ3n) is 3.05. The van der Waals surface area contributed by atoms with Crippen LogP contribution in [-0.2, 0) is 6.42 Å². The van der Waals surface area contributed by atoms with Crippen molar-refractivity contribution in [2.75, 3.05) is 0 Å². The first-order valence-electron chi connectivity index (χ1n) is 6.30. The van der Waals surface area contributed by atoms with Crippen LogP contribution in [-0.4, -0.2) is 18.0 Å². The highest BCUT2D eigenvalue weighted by molar-refractivity contribution is 7.10. The van der Waals surface area contributed by atoms with Gasteiger partial charge in [0.1, 0.15) is 12.0 Å². The molecule has 3 N–H and O–H groups in total. The molecule has 4 nitrogen and oxygen atoms in total. The number of nitrogens with two attached hydrogens (primary N) is 1. The van der Waals surface area contributed by atoms with Gasteiger partial charge < -0.3 is 11.1 Å². The number of nitrogens with zero attached hydrogens (tertiary/aromatic N) is 2. The monoisotopic (exact) mass is 264 g/mol. The zero-order valence-corrected chi connectivity index (χ0v) is 11.9. The van der Waals surface area contributed by atoms with Crippen molar-refractivity contribution in [3.05, 3.63) is 21.9 Å². The molecule has 2 heterocycles. The summed E-state index contributed by atoms with van der Waals surface area (Å²) < 4.78 is 0. The highest BCUT2D eigenvalue weighted by Gasteiger charge is 2.20. The van der Waals surface area contributed by atoms with Gasteiger partial charge >= 0.3 is 0 Å². The first-order valence-corrected chi connectivity index (χ1v) is 7.18. The van der Waals surface area contributed by atoms with Gasteiger partial charge in [0.05, 0.1) is 0 Å². The van der Waals surface area contributed by atoms with Gasteiger partial charge in [-0.15, -0.1) is 11.3 Å². The Hall–Kier alpha value is -1.36. The smallest absolute Gasteiger partial charge is 0.196 e. The van der Waals surface area contributed by atoms with Crippen molar-refractivity contribution in [3.8, 4) is 0 Å². The molecule has 5 heteroatoms. The van der Waals surface area contributed by atoms with E-state index >= 15 is 0 Å². The molecular formula is C13H20N4S. The van der Waals surface area contributed by atoms with Crippen LogP contribution in [0.1, 0.15) is 30.7 Å². The largest absolute Gasteiger partial charge is 0.370 e. The molecule has 1 aromatic heterocycles. The molecule has 1 aliphatic rings. The normalized spacial score (nSPS) is 20.9. The van der Waals surface area contributed by atoms with Crippen LogP contribution in [0.5, 0.6) is 0 Å². The lowest BCUT2D eigenvalue weighted by molar-refractivity contribution is 0.628. The molecule has 1 aliphatic heterocycles. The summed E-state index contributed by atoms with van der Waals surface area (Å²) >= 11 is 1.80. The molecule has 0 radical (unpaired) electrons. The van der Waals surface area contributed by atoms with E-state index in [9.17, 15) is 0 Å². The van der Waals surface area contributed by atoms with Gasteiger partial charge in [0, 0.05) is 10.8 Å². The van der Waals surface area contributed by atoms with Crippen LogP contribution in [0.25, 0.3) is 0 Å². The van der Waals surface area contributed by atoms with Crippen LogP contribution >= 0.6 is 11.3 Å². The van der Waals surface area contributed by atoms with Crippen LogP contribution in [0.15, 0.2) is 21.4 Å². The van der Waals surface area contributed by atoms with E-state index in [4.69, 9.17) is 5.73 Å². The van der Waals surface area contributed by atoms with Crippen LogP contribution in [0.4, 0.5) is 0 Å². The Morgan fingerprint density at radius 1 is 1.50 bits per heavy atom. The number of nitrogens with one attached hydrogen (secondary N) is 1. The minimum absolute atomic E-state index is 0.0699. The summed E-state index contributed by atoms with van der Waals surface area (Å²) in [5.41, 5.74) is 7.14. The zero-order chi connectivity index (χ0) is 13.1. The molecule has 98 valence electrons. The molecular weight excluding hydrogens is 244 g/mol. The van der Waals surface area contributed by atoms with Gasteiger partial charge in [0.15, 0.2) is 5.96 Å². The molecule has 0 aliphatic carbocycles. The van der Waals surface area contributed by atoms with Crippen LogP contribution < -0.4 is 11.1 Å². The van der Waals surface area contributed by atoms with Gasteiger partial charge in [-0.3, -0.25) is 0 Å². The van der Waals surface area contributed by atoms with E-state index in [1.165, 1.54) is 10.4 Å². The molecule has 0 fully saturated rings. The van der Waals surface area contributed by atoms with Crippen molar-refractivity contribution < 1.29 is 0 Å². The number of thiophene rings is 1. The van der Waals surface area contributed by atoms with E-state index in [1.54, 1.807) is 11.3 Å². The van der Waals surface area contributed by atoms with E-state index in [0.717, 1.165) is 18.7 Å². The fourth-order valence-corrected chi connectivity index (χ4v) is 2.88. The lowest BCUT2D eigenvalue weighted by atomic mass is 9.96. The highest BCUT2D eigenvalue weighted by atomic mass is 32.1. The average molecular weight is 264 g/mol. The van der Waals surface area contributed by atoms with E-state index in [2.05, 4.69) is 40.6 Å². The Labute approximate surface area is 112 Å². The average Bonchev–Trinajstić information content (AvgIpc) is 2.70. The SMILES string of the molecule is CCC(Cc1csc(C)c1)C1=NC(C)N=C(N)N1. The summed E-state index contributed by atoms with van der Waals surface area (Å²) in [7, 11) is 0. The van der Waals surface area contributed by atoms with E-state index in [-0.39, 0.29) is 6.17 Å². The highest BCUT2D eigenvalue weighted by Crippen LogP contribution is 2.20. The predicted octanol–water partition coefficient (Wildman–Crippen LogP) is 2.29. The molecule has 0 amide bonds. The quantitative estimate of drug-likeness (QED) is 0.876. The Balaban J connectivity index is 2.09. The molecule has 0 aromatic carbocycles. The third-order valence-corrected chi connectivity index (χ3v) is 3.96. The molecule has 2 atom stereocenters. The number of aryl methyl sites for hydroxylation is 1. The van der Waals surface area contributed by atoms with Crippen molar-refractivity contribution in [2.45, 2.75) is 39.8 Å². The van der Waals surface area contributed by atoms with Gasteiger partial charge in [0.25, 0.3) is 0 Å². The molecule has 18 heavy (non-hydrogen) atoms. The minimum atomic E-state index is -0.0699. The van der Waals surface area contributed by atoms with E-state index < -0.39 is 0 Å². The van der Waals surface area contributed by atoms with Crippen molar-refractivity contribution in [1.29, 1.82) is 0 Å². The van der Waals surface area contributed by atoms with Crippen LogP contribution in [0, 0.1) is 12.8 Å². The Morgan fingerprint density at radius 3 is 2.83 bits per heavy atom. The lowest BCUT2D eigenvalue weighted by Crippen LogP contribution is -2.44. The van der Waals surface area contributed by atoms with Crippen LogP contribution in [0.2, 0.25) is 0 Å². The summed E-state index contributed by atoms with van der Waals surface area (Å²) in [6.45, 7) is 6.27. The molecule has 2 rings (SSSR count). The summed E-state index contributed by atoms with van der Waals surface area (Å²) in [6, 6.07) is 2.25. The number of rotatable bonds is 4. The number of hydrogen-bond acceptors (Lipinski definition) is 5. The van der Waals surface area contributed by atoms with Crippen molar-refractivity contribution >= 4 is 23.1 Å². The van der Waals surface area contributed by atoms with Gasteiger partial charge in [-0.25, -0.2) is 9.98 Å². The first-order chi connectivity index (χ1) is 8.58. The standard InChI is InChI=1S/C13H20N4S/c1-4-11(6-10-5-8(2)18-7-10)12-15-9(3)16-13(14)17-12/h5,7,9,11H,4,6H2,1-3H3,(H3,14,15,16,17). The Morgan fingerprint density at radius 2 is 2.28 bits per heavy atom. The van der Waals surface area contributed by atoms with Gasteiger partial charge in [0.2, 0.25) is 0 Å². The summed E-state index contributed by atoms with van der Waals surface area (Å²) in [6.07, 6.45) is 1.98.